The van der Waals surface area contributed by atoms with E-state index in [0.717, 1.165) is 16.5 Å². The number of nitrogens with zero attached hydrogens (tertiary/aromatic N) is 5. The minimum absolute atomic E-state index is 0.355. The number of rotatable bonds is 7. The van der Waals surface area contributed by atoms with E-state index < -0.39 is 0 Å². The lowest BCUT2D eigenvalue weighted by Gasteiger charge is -2.33. The zero-order valence-electron chi connectivity index (χ0n) is 17.1. The van der Waals surface area contributed by atoms with Crippen LogP contribution in [0.3, 0.4) is 0 Å². The van der Waals surface area contributed by atoms with E-state index in [1.807, 2.05) is 37.2 Å². The largest absolute Gasteiger partial charge is 0.495 e. The van der Waals surface area contributed by atoms with Gasteiger partial charge in [0, 0.05) is 39.3 Å². The summed E-state index contributed by atoms with van der Waals surface area (Å²) in [5.74, 6) is 0.754. The molecular weight excluding hydrogens is 346 g/mol. The van der Waals surface area contributed by atoms with Crippen molar-refractivity contribution in [2.45, 2.75) is 39.8 Å². The number of anilines is 1. The topological polar surface area (TPSA) is 52.8 Å². The molecule has 7 heteroatoms. The summed E-state index contributed by atoms with van der Waals surface area (Å²) in [6.07, 6.45) is 0. The van der Waals surface area contributed by atoms with Crippen LogP contribution in [0.1, 0.15) is 27.7 Å². The van der Waals surface area contributed by atoms with Crippen molar-refractivity contribution in [3.05, 3.63) is 29.8 Å². The summed E-state index contributed by atoms with van der Waals surface area (Å²) >= 11 is 1.43. The van der Waals surface area contributed by atoms with Crippen LogP contribution in [-0.2, 0) is 0 Å². The summed E-state index contributed by atoms with van der Waals surface area (Å²) in [4.78, 5) is 8.45. The molecule has 0 N–H and O–H groups in total. The Labute approximate surface area is 162 Å². The summed E-state index contributed by atoms with van der Waals surface area (Å²) in [6.45, 7) is 12.8. The number of aliphatic imine (C=N–C) groups is 1. The van der Waals surface area contributed by atoms with Crippen molar-refractivity contribution in [2.75, 3.05) is 33.2 Å². The third-order valence-corrected chi connectivity index (χ3v) is 4.59. The lowest BCUT2D eigenvalue weighted by atomic mass is 10.2. The van der Waals surface area contributed by atoms with Crippen molar-refractivity contribution < 1.29 is 4.74 Å². The van der Waals surface area contributed by atoms with Gasteiger partial charge in [0.25, 0.3) is 0 Å². The fourth-order valence-electron chi connectivity index (χ4n) is 2.64. The van der Waals surface area contributed by atoms with E-state index in [0.29, 0.717) is 22.9 Å². The molecular formula is C19H31N5OS. The smallest absolute Gasteiger partial charge is 0.210 e. The number of thioether (sulfide) groups is 1. The van der Waals surface area contributed by atoms with E-state index in [1.165, 1.54) is 11.8 Å². The van der Waals surface area contributed by atoms with Crippen LogP contribution in [0.25, 0.3) is 0 Å². The van der Waals surface area contributed by atoms with Gasteiger partial charge in [-0.3, -0.25) is 4.99 Å². The SMILES string of the molecule is C=C(SC(N=Nc1ccc(N(C)C)c(OC)c1)=NC)N(C(C)C)C(C)C. The fraction of sp³-hybridized carbons (Fsp3) is 0.526. The van der Waals surface area contributed by atoms with Gasteiger partial charge in [-0.05, 0) is 51.6 Å². The highest BCUT2D eigenvalue weighted by molar-refractivity contribution is 8.17. The molecule has 0 radical (unpaired) electrons. The Bertz CT molecular complexity index is 660. The number of azo groups is 1. The molecule has 0 aliphatic carbocycles. The zero-order chi connectivity index (χ0) is 19.9. The van der Waals surface area contributed by atoms with Gasteiger partial charge < -0.3 is 14.5 Å². The maximum atomic E-state index is 5.43. The van der Waals surface area contributed by atoms with Crippen LogP contribution in [-0.4, -0.2) is 50.4 Å². The molecule has 6 nitrogen and oxygen atoms in total. The van der Waals surface area contributed by atoms with Crippen molar-refractivity contribution in [3.63, 3.8) is 0 Å². The summed E-state index contributed by atoms with van der Waals surface area (Å²) in [7, 11) is 7.30. The molecule has 0 aliphatic heterocycles. The number of amidine groups is 1. The minimum atomic E-state index is 0.355. The van der Waals surface area contributed by atoms with E-state index in [2.05, 4.69) is 54.4 Å². The number of benzene rings is 1. The Balaban J connectivity index is 2.93. The van der Waals surface area contributed by atoms with E-state index in [-0.39, 0.29) is 0 Å². The van der Waals surface area contributed by atoms with Crippen LogP contribution >= 0.6 is 11.8 Å². The van der Waals surface area contributed by atoms with Crippen molar-refractivity contribution >= 4 is 28.3 Å². The Morgan fingerprint density at radius 1 is 1.15 bits per heavy atom. The molecule has 26 heavy (non-hydrogen) atoms. The van der Waals surface area contributed by atoms with Crippen LogP contribution in [0, 0.1) is 0 Å². The molecule has 0 saturated heterocycles. The maximum Gasteiger partial charge on any atom is 0.210 e. The Kier molecular flexibility index (Phi) is 8.65. The molecule has 0 heterocycles. The second-order valence-corrected chi connectivity index (χ2v) is 7.59. The van der Waals surface area contributed by atoms with E-state index in [4.69, 9.17) is 4.74 Å². The third kappa shape index (κ3) is 6.05. The molecule has 1 aromatic rings. The summed E-state index contributed by atoms with van der Waals surface area (Å²) in [5.41, 5.74) is 1.70. The predicted molar refractivity (Wildman–Crippen MR) is 114 cm³/mol. The van der Waals surface area contributed by atoms with Gasteiger partial charge in [-0.25, -0.2) is 0 Å². The first kappa shape index (κ1) is 22.0. The number of hydrogen-bond acceptors (Lipinski definition) is 6. The van der Waals surface area contributed by atoms with Crippen molar-refractivity contribution in [3.8, 4) is 5.75 Å². The molecule has 0 aromatic heterocycles. The number of ether oxygens (including phenoxy) is 1. The molecule has 0 amide bonds. The highest BCUT2D eigenvalue weighted by atomic mass is 32.2. The van der Waals surface area contributed by atoms with Gasteiger partial charge in [0.2, 0.25) is 5.17 Å². The molecule has 0 fully saturated rings. The molecule has 1 aromatic carbocycles. The zero-order valence-corrected chi connectivity index (χ0v) is 18.0. The molecule has 144 valence electrons. The van der Waals surface area contributed by atoms with Crippen molar-refractivity contribution in [1.29, 1.82) is 0 Å². The summed E-state index contributed by atoms with van der Waals surface area (Å²) < 4.78 is 5.43. The van der Waals surface area contributed by atoms with E-state index >= 15 is 0 Å². The first-order chi connectivity index (χ1) is 12.2. The molecule has 0 aliphatic rings. The summed E-state index contributed by atoms with van der Waals surface area (Å²) in [5, 5.41) is 10.1. The first-order valence-corrected chi connectivity index (χ1v) is 9.41. The minimum Gasteiger partial charge on any atom is -0.495 e. The van der Waals surface area contributed by atoms with Crippen LogP contribution in [0.4, 0.5) is 11.4 Å². The van der Waals surface area contributed by atoms with Gasteiger partial charge in [-0.15, -0.1) is 10.2 Å². The van der Waals surface area contributed by atoms with Gasteiger partial charge in [0.05, 0.1) is 23.5 Å². The number of hydrogen-bond donors (Lipinski definition) is 0. The van der Waals surface area contributed by atoms with Crippen molar-refractivity contribution in [1.82, 2.24) is 4.90 Å². The molecule has 0 spiro atoms. The van der Waals surface area contributed by atoms with Gasteiger partial charge in [-0.1, -0.05) is 6.58 Å². The van der Waals surface area contributed by atoms with Gasteiger partial charge >= 0.3 is 0 Å². The number of methoxy groups -OCH3 is 1. The highest BCUT2D eigenvalue weighted by Crippen LogP contribution is 2.32. The van der Waals surface area contributed by atoms with Crippen LogP contribution in [0.5, 0.6) is 5.75 Å². The monoisotopic (exact) mass is 377 g/mol. The highest BCUT2D eigenvalue weighted by Gasteiger charge is 2.17. The Morgan fingerprint density at radius 2 is 1.77 bits per heavy atom. The Morgan fingerprint density at radius 3 is 2.23 bits per heavy atom. The summed E-state index contributed by atoms with van der Waals surface area (Å²) in [6, 6.07) is 6.44. The quantitative estimate of drug-likeness (QED) is 0.374. The van der Waals surface area contributed by atoms with Crippen LogP contribution < -0.4 is 9.64 Å². The molecule has 0 bridgehead atoms. The standard InChI is InChI=1S/C19H31N5OS/c1-13(2)24(14(3)4)15(5)26-19(20-6)22-21-16-10-11-17(23(7)8)18(12-16)25-9/h10-14H,5H2,1-4,6-9H3. The average Bonchev–Trinajstić information content (AvgIpc) is 2.57. The Hall–Kier alpha value is -2.02. The molecule has 0 unspecified atom stereocenters. The second kappa shape index (κ2) is 10.2. The molecule has 0 atom stereocenters. The van der Waals surface area contributed by atoms with Gasteiger partial charge in [-0.2, -0.15) is 0 Å². The molecule has 1 rings (SSSR count). The molecule has 0 saturated carbocycles. The van der Waals surface area contributed by atoms with Crippen molar-refractivity contribution in [2.24, 2.45) is 15.2 Å². The lowest BCUT2D eigenvalue weighted by molar-refractivity contribution is 0.250. The third-order valence-electron chi connectivity index (χ3n) is 3.70. The predicted octanol–water partition coefficient (Wildman–Crippen LogP) is 5.15. The average molecular weight is 378 g/mol. The normalized spacial score (nSPS) is 12.2. The van der Waals surface area contributed by atoms with E-state index in [1.54, 1.807) is 14.2 Å². The first-order valence-electron chi connectivity index (χ1n) is 8.60. The van der Waals surface area contributed by atoms with Gasteiger partial charge in [0.1, 0.15) is 5.75 Å². The van der Waals surface area contributed by atoms with Gasteiger partial charge in [0.15, 0.2) is 0 Å². The van der Waals surface area contributed by atoms with Crippen LogP contribution in [0.15, 0.2) is 45.0 Å². The van der Waals surface area contributed by atoms with Crippen LogP contribution in [0.2, 0.25) is 0 Å². The van der Waals surface area contributed by atoms with E-state index in [9.17, 15) is 0 Å². The second-order valence-electron chi connectivity index (χ2n) is 6.55. The lowest BCUT2D eigenvalue weighted by Crippen LogP contribution is -2.35. The maximum absolute atomic E-state index is 5.43. The fourth-order valence-corrected chi connectivity index (χ4v) is 3.55.